The third-order valence-corrected chi connectivity index (χ3v) is 7.90. The van der Waals surface area contributed by atoms with Crippen molar-refractivity contribution in [3.8, 4) is 0 Å². The Labute approximate surface area is 245 Å². The van der Waals surface area contributed by atoms with E-state index < -0.39 is 6.29 Å². The first-order valence-corrected chi connectivity index (χ1v) is 15.0. The number of nitrogens with zero attached hydrogens (tertiary/aromatic N) is 2. The van der Waals surface area contributed by atoms with Crippen LogP contribution in [-0.2, 0) is 25.7 Å². The molecule has 3 aromatic rings. The highest BCUT2D eigenvalue weighted by Gasteiger charge is 2.38. The minimum absolute atomic E-state index is 0.0149. The first-order chi connectivity index (χ1) is 19.9. The Morgan fingerprint density at radius 1 is 0.976 bits per heavy atom. The molecule has 4 rings (SSSR count). The lowest BCUT2D eigenvalue weighted by Crippen LogP contribution is -2.38. The molecule has 1 aromatic heterocycles. The highest BCUT2D eigenvalue weighted by molar-refractivity contribution is 7.99. The monoisotopic (exact) mass is 578 g/mol. The molecule has 0 saturated carbocycles. The highest BCUT2D eigenvalue weighted by atomic mass is 32.2. The van der Waals surface area contributed by atoms with Gasteiger partial charge in [0.1, 0.15) is 0 Å². The number of nitrogens with one attached hydrogen (secondary N) is 2. The van der Waals surface area contributed by atoms with Gasteiger partial charge in [0.2, 0.25) is 11.8 Å². The number of rotatable bonds is 13. The fourth-order valence-electron chi connectivity index (χ4n) is 4.66. The topological polar surface area (TPSA) is 123 Å². The number of unbranched alkanes of at least 4 members (excludes halogenated alkanes) is 2. The van der Waals surface area contributed by atoms with E-state index in [0.717, 1.165) is 36.0 Å². The van der Waals surface area contributed by atoms with Crippen LogP contribution in [0.1, 0.15) is 68.6 Å². The van der Waals surface area contributed by atoms with Crippen molar-refractivity contribution in [2.75, 3.05) is 17.6 Å². The predicted octanol–water partition coefficient (Wildman–Crippen LogP) is 5.19. The number of carbonyl (C=O) groups is 2. The number of benzene rings is 2. The lowest BCUT2D eigenvalue weighted by atomic mass is 9.91. The maximum atomic E-state index is 12.6. The molecule has 0 radical (unpaired) electrons. The molecule has 10 heteroatoms. The van der Waals surface area contributed by atoms with E-state index in [9.17, 15) is 14.7 Å². The fraction of sp³-hybridized carbons (Fsp3) is 0.419. The Hall–Kier alpha value is -3.31. The molecule has 1 aliphatic heterocycles. The first-order valence-electron chi connectivity index (χ1n) is 14.0. The van der Waals surface area contributed by atoms with Crippen LogP contribution in [0.15, 0.2) is 72.1 Å². The van der Waals surface area contributed by atoms with Gasteiger partial charge in [-0.1, -0.05) is 61.5 Å². The van der Waals surface area contributed by atoms with Crippen LogP contribution < -0.4 is 10.6 Å². The lowest BCUT2D eigenvalue weighted by Gasteiger charge is -2.41. The standard InChI is InChI=1S/C31H38N4O5S/c1-21-27(20-41-31-33-16-7-17-34-31)39-30(40-29(21)24-13-11-23(19-36)12-14-24)25-8-6-9-26(18-25)35-28(38)10-4-3-5-15-32-22(2)37/h6-9,11-14,16-18,21,27,29-30,36H,3-5,10,15,19-20H2,1-2H3,(H,32,37)(H,35,38)/t21-,27+,29+,30+/m0/s1. The van der Waals surface area contributed by atoms with Gasteiger partial charge in [0.05, 0.1) is 18.8 Å². The van der Waals surface area contributed by atoms with Gasteiger partial charge in [0.25, 0.3) is 0 Å². The van der Waals surface area contributed by atoms with Crippen molar-refractivity contribution in [1.29, 1.82) is 0 Å². The second kappa shape index (κ2) is 15.6. The van der Waals surface area contributed by atoms with E-state index >= 15 is 0 Å². The molecule has 1 fully saturated rings. The minimum Gasteiger partial charge on any atom is -0.392 e. The molecule has 0 spiro atoms. The van der Waals surface area contributed by atoms with Gasteiger partial charge in [-0.05, 0) is 42.2 Å². The van der Waals surface area contributed by atoms with Crippen LogP contribution in [0.3, 0.4) is 0 Å². The largest absolute Gasteiger partial charge is 0.392 e. The molecular formula is C31H38N4O5S. The average molecular weight is 579 g/mol. The van der Waals surface area contributed by atoms with Crippen molar-refractivity contribution in [2.24, 2.45) is 5.92 Å². The second-order valence-electron chi connectivity index (χ2n) is 10.1. The van der Waals surface area contributed by atoms with Crippen LogP contribution in [0, 0.1) is 5.92 Å². The highest BCUT2D eigenvalue weighted by Crippen LogP contribution is 2.43. The molecule has 9 nitrogen and oxygen atoms in total. The molecule has 1 saturated heterocycles. The first kappa shape index (κ1) is 30.6. The number of aliphatic hydroxyl groups is 1. The molecule has 2 heterocycles. The number of thioether (sulfide) groups is 1. The molecule has 0 unspecified atom stereocenters. The van der Waals surface area contributed by atoms with Gasteiger partial charge in [-0.3, -0.25) is 9.59 Å². The van der Waals surface area contributed by atoms with Crippen molar-refractivity contribution in [3.63, 3.8) is 0 Å². The van der Waals surface area contributed by atoms with Gasteiger partial charge in [0.15, 0.2) is 11.4 Å². The molecule has 1 aliphatic rings. The van der Waals surface area contributed by atoms with Crippen molar-refractivity contribution >= 4 is 29.3 Å². The number of carbonyl (C=O) groups excluding carboxylic acids is 2. The molecule has 2 aromatic carbocycles. The number of hydrogen-bond acceptors (Lipinski definition) is 8. The maximum absolute atomic E-state index is 12.6. The Bertz CT molecular complexity index is 1260. The SMILES string of the molecule is CC(=O)NCCCCCC(=O)Nc1cccc([C@@H]2O[C@H](CSc3ncccn3)[C@H](C)[C@H](c3ccc(CO)cc3)O2)c1. The van der Waals surface area contributed by atoms with E-state index in [1.807, 2.05) is 48.5 Å². The Balaban J connectivity index is 1.43. The van der Waals surface area contributed by atoms with Crippen molar-refractivity contribution < 1.29 is 24.2 Å². The number of amides is 2. The van der Waals surface area contributed by atoms with Gasteiger partial charge in [-0.25, -0.2) is 9.97 Å². The summed E-state index contributed by atoms with van der Waals surface area (Å²) in [5.74, 6) is 0.592. The van der Waals surface area contributed by atoms with E-state index in [-0.39, 0.29) is 36.5 Å². The summed E-state index contributed by atoms with van der Waals surface area (Å²) in [6.45, 7) is 4.23. The third-order valence-electron chi connectivity index (χ3n) is 6.94. The minimum atomic E-state index is -0.637. The van der Waals surface area contributed by atoms with E-state index in [1.54, 1.807) is 30.2 Å². The van der Waals surface area contributed by atoms with Crippen LogP contribution in [0.25, 0.3) is 0 Å². The zero-order valence-corrected chi connectivity index (χ0v) is 24.3. The van der Waals surface area contributed by atoms with Crippen LogP contribution in [0.2, 0.25) is 0 Å². The van der Waals surface area contributed by atoms with Crippen LogP contribution >= 0.6 is 11.8 Å². The average Bonchev–Trinajstić information content (AvgIpc) is 2.99. The maximum Gasteiger partial charge on any atom is 0.224 e. The van der Waals surface area contributed by atoms with Crippen LogP contribution in [0.4, 0.5) is 5.69 Å². The smallest absolute Gasteiger partial charge is 0.224 e. The summed E-state index contributed by atoms with van der Waals surface area (Å²) in [4.78, 5) is 32.2. The van der Waals surface area contributed by atoms with Gasteiger partial charge >= 0.3 is 0 Å². The van der Waals surface area contributed by atoms with Gasteiger partial charge in [0, 0.05) is 55.2 Å². The summed E-state index contributed by atoms with van der Waals surface area (Å²) in [6, 6.07) is 17.2. The molecule has 4 atom stereocenters. The number of aromatic nitrogens is 2. The lowest BCUT2D eigenvalue weighted by molar-refractivity contribution is -0.268. The molecule has 218 valence electrons. The summed E-state index contributed by atoms with van der Waals surface area (Å²) in [5.41, 5.74) is 3.35. The Kier molecular flexibility index (Phi) is 11.7. The summed E-state index contributed by atoms with van der Waals surface area (Å²) >= 11 is 1.54. The molecule has 0 bridgehead atoms. The van der Waals surface area contributed by atoms with E-state index in [2.05, 4.69) is 27.5 Å². The zero-order valence-electron chi connectivity index (χ0n) is 23.5. The van der Waals surface area contributed by atoms with Gasteiger partial charge < -0.3 is 25.2 Å². The Morgan fingerprint density at radius 3 is 2.49 bits per heavy atom. The van der Waals surface area contributed by atoms with Gasteiger partial charge in [-0.15, -0.1) is 0 Å². The molecule has 0 aliphatic carbocycles. The van der Waals surface area contributed by atoms with Crippen LogP contribution in [0.5, 0.6) is 0 Å². The van der Waals surface area contributed by atoms with Crippen molar-refractivity contribution in [1.82, 2.24) is 15.3 Å². The Morgan fingerprint density at radius 2 is 1.76 bits per heavy atom. The second-order valence-corrected chi connectivity index (χ2v) is 11.1. The zero-order chi connectivity index (χ0) is 29.0. The van der Waals surface area contributed by atoms with Crippen LogP contribution in [-0.4, -0.2) is 45.3 Å². The quantitative estimate of drug-likeness (QED) is 0.144. The predicted molar refractivity (Wildman–Crippen MR) is 158 cm³/mol. The summed E-state index contributed by atoms with van der Waals surface area (Å²) in [6.07, 6.45) is 5.29. The van der Waals surface area contributed by atoms with E-state index in [4.69, 9.17) is 9.47 Å². The van der Waals surface area contributed by atoms with E-state index in [0.29, 0.717) is 29.6 Å². The number of anilines is 1. The molecule has 3 N–H and O–H groups in total. The fourth-order valence-corrected chi connectivity index (χ4v) is 5.63. The summed E-state index contributed by atoms with van der Waals surface area (Å²) in [5, 5.41) is 15.9. The van der Waals surface area contributed by atoms with Crippen molar-refractivity contribution in [2.45, 2.75) is 69.8 Å². The summed E-state index contributed by atoms with van der Waals surface area (Å²) in [7, 11) is 0. The van der Waals surface area contributed by atoms with E-state index in [1.165, 1.54) is 6.92 Å². The number of aliphatic hydroxyl groups excluding tert-OH is 1. The van der Waals surface area contributed by atoms with Crippen molar-refractivity contribution in [3.05, 3.63) is 83.7 Å². The van der Waals surface area contributed by atoms with Gasteiger partial charge in [-0.2, -0.15) is 0 Å². The molecular weight excluding hydrogens is 540 g/mol. The normalized spacial score (nSPS) is 20.4. The molecule has 41 heavy (non-hydrogen) atoms. The third kappa shape index (κ3) is 9.36. The number of ether oxygens (including phenoxy) is 2. The molecule has 2 amide bonds. The number of hydrogen-bond donors (Lipinski definition) is 3. The summed E-state index contributed by atoms with van der Waals surface area (Å²) < 4.78 is 13.0.